The van der Waals surface area contributed by atoms with Crippen LogP contribution in [0.25, 0.3) is 11.2 Å². The predicted molar refractivity (Wildman–Crippen MR) is 84.1 cm³/mol. The fraction of sp³-hybridized carbons (Fsp3) is 0.600. The molecule has 2 rings (SSSR count). The standard InChI is InChI=1S/C15H23ClN4/c1-5-10(6-2)13-19-12-7-11(16)8-18-14(12)20(13)9-15(3,4)17/h7-8,10H,5-6,9,17H2,1-4H3. The largest absolute Gasteiger partial charge is 0.324 e. The van der Waals surface area contributed by atoms with Gasteiger partial charge in [-0.05, 0) is 32.8 Å². The molecule has 0 aliphatic heterocycles. The molecular weight excluding hydrogens is 272 g/mol. The van der Waals surface area contributed by atoms with Crippen LogP contribution in [0.5, 0.6) is 0 Å². The highest BCUT2D eigenvalue weighted by Crippen LogP contribution is 2.28. The highest BCUT2D eigenvalue weighted by Gasteiger charge is 2.22. The molecule has 2 heterocycles. The van der Waals surface area contributed by atoms with Gasteiger partial charge in [0.1, 0.15) is 11.3 Å². The highest BCUT2D eigenvalue weighted by atomic mass is 35.5. The number of pyridine rings is 1. The molecule has 0 saturated heterocycles. The van der Waals surface area contributed by atoms with Gasteiger partial charge in [-0.25, -0.2) is 9.97 Å². The molecule has 0 aliphatic carbocycles. The number of hydrogen-bond donors (Lipinski definition) is 1. The third-order valence-corrected chi connectivity index (χ3v) is 3.70. The number of aromatic nitrogens is 3. The lowest BCUT2D eigenvalue weighted by Crippen LogP contribution is -2.37. The van der Waals surface area contributed by atoms with Crippen LogP contribution >= 0.6 is 11.6 Å². The van der Waals surface area contributed by atoms with Crippen LogP contribution in [0.4, 0.5) is 0 Å². The van der Waals surface area contributed by atoms with Crippen molar-refractivity contribution in [3.63, 3.8) is 0 Å². The quantitative estimate of drug-likeness (QED) is 0.914. The molecule has 4 nitrogen and oxygen atoms in total. The maximum Gasteiger partial charge on any atom is 0.160 e. The normalized spacial score (nSPS) is 12.6. The van der Waals surface area contributed by atoms with Crippen LogP contribution in [0.2, 0.25) is 5.02 Å². The lowest BCUT2D eigenvalue weighted by atomic mass is 10.0. The molecule has 0 saturated carbocycles. The minimum absolute atomic E-state index is 0.310. The van der Waals surface area contributed by atoms with E-state index in [1.165, 1.54) is 0 Å². The molecular formula is C15H23ClN4. The summed E-state index contributed by atoms with van der Waals surface area (Å²) in [4.78, 5) is 9.21. The Morgan fingerprint density at radius 3 is 2.55 bits per heavy atom. The van der Waals surface area contributed by atoms with E-state index in [1.807, 2.05) is 19.9 Å². The second-order valence-corrected chi connectivity index (χ2v) is 6.49. The van der Waals surface area contributed by atoms with E-state index in [0.29, 0.717) is 17.5 Å². The number of nitrogens with zero attached hydrogens (tertiary/aromatic N) is 3. The molecule has 0 aliphatic rings. The van der Waals surface area contributed by atoms with Gasteiger partial charge in [0.05, 0.1) is 5.02 Å². The molecule has 5 heteroatoms. The van der Waals surface area contributed by atoms with Crippen molar-refractivity contribution in [2.24, 2.45) is 5.73 Å². The maximum atomic E-state index is 6.20. The summed E-state index contributed by atoms with van der Waals surface area (Å²) in [7, 11) is 0. The molecule has 0 amide bonds. The second kappa shape index (κ2) is 5.70. The fourth-order valence-corrected chi connectivity index (χ4v) is 2.68. The van der Waals surface area contributed by atoms with Crippen molar-refractivity contribution in [1.82, 2.24) is 14.5 Å². The van der Waals surface area contributed by atoms with Crippen LogP contribution in [-0.2, 0) is 6.54 Å². The van der Waals surface area contributed by atoms with Gasteiger partial charge >= 0.3 is 0 Å². The van der Waals surface area contributed by atoms with Gasteiger partial charge in [0, 0.05) is 24.2 Å². The zero-order valence-electron chi connectivity index (χ0n) is 12.7. The zero-order valence-corrected chi connectivity index (χ0v) is 13.4. The van der Waals surface area contributed by atoms with E-state index in [4.69, 9.17) is 22.3 Å². The summed E-state index contributed by atoms with van der Waals surface area (Å²) >= 11 is 6.02. The van der Waals surface area contributed by atoms with E-state index in [-0.39, 0.29) is 5.54 Å². The smallest absolute Gasteiger partial charge is 0.160 e. The van der Waals surface area contributed by atoms with Crippen molar-refractivity contribution in [2.75, 3.05) is 0 Å². The van der Waals surface area contributed by atoms with Gasteiger partial charge in [-0.3, -0.25) is 0 Å². The SMILES string of the molecule is CCC(CC)c1nc2cc(Cl)cnc2n1CC(C)(C)N. The van der Waals surface area contributed by atoms with Crippen LogP contribution in [0, 0.1) is 0 Å². The van der Waals surface area contributed by atoms with E-state index in [9.17, 15) is 0 Å². The number of fused-ring (bicyclic) bond motifs is 1. The molecule has 2 N–H and O–H groups in total. The van der Waals surface area contributed by atoms with E-state index in [0.717, 1.165) is 29.8 Å². The fourth-order valence-electron chi connectivity index (χ4n) is 2.53. The summed E-state index contributed by atoms with van der Waals surface area (Å²) in [5.74, 6) is 1.49. The summed E-state index contributed by atoms with van der Waals surface area (Å²) in [5, 5.41) is 0.616. The van der Waals surface area contributed by atoms with E-state index in [2.05, 4.69) is 23.4 Å². The van der Waals surface area contributed by atoms with Gasteiger partial charge in [0.25, 0.3) is 0 Å². The molecule has 0 unspecified atom stereocenters. The Hall–Kier alpha value is -1.13. The molecule has 2 aromatic heterocycles. The van der Waals surface area contributed by atoms with Gasteiger partial charge in [0.2, 0.25) is 0 Å². The molecule has 20 heavy (non-hydrogen) atoms. The topological polar surface area (TPSA) is 56.7 Å². The number of halogens is 1. The molecule has 0 spiro atoms. The molecule has 0 radical (unpaired) electrons. The third-order valence-electron chi connectivity index (χ3n) is 3.50. The summed E-state index contributed by atoms with van der Waals surface area (Å²) in [6.07, 6.45) is 3.78. The predicted octanol–water partition coefficient (Wildman–Crippen LogP) is 3.73. The Bertz CT molecular complexity index is 594. The minimum atomic E-state index is -0.310. The zero-order chi connectivity index (χ0) is 14.9. The first-order valence-electron chi connectivity index (χ1n) is 7.16. The third kappa shape index (κ3) is 3.13. The Labute approximate surface area is 125 Å². The van der Waals surface area contributed by atoms with E-state index in [1.54, 1.807) is 6.20 Å². The lowest BCUT2D eigenvalue weighted by Gasteiger charge is -2.23. The first-order chi connectivity index (χ1) is 9.35. The summed E-state index contributed by atoms with van der Waals surface area (Å²) in [6, 6.07) is 1.87. The Morgan fingerprint density at radius 2 is 2.00 bits per heavy atom. The first-order valence-corrected chi connectivity index (χ1v) is 7.54. The van der Waals surface area contributed by atoms with Crippen molar-refractivity contribution in [3.8, 4) is 0 Å². The van der Waals surface area contributed by atoms with Crippen molar-refractivity contribution in [3.05, 3.63) is 23.1 Å². The molecule has 2 aromatic rings. The van der Waals surface area contributed by atoms with Gasteiger partial charge < -0.3 is 10.3 Å². The highest BCUT2D eigenvalue weighted by molar-refractivity contribution is 6.31. The Morgan fingerprint density at radius 1 is 1.35 bits per heavy atom. The van der Waals surface area contributed by atoms with Crippen LogP contribution < -0.4 is 5.73 Å². The summed E-state index contributed by atoms with van der Waals surface area (Å²) < 4.78 is 2.16. The van der Waals surface area contributed by atoms with Crippen LogP contribution in [-0.4, -0.2) is 20.1 Å². The maximum absolute atomic E-state index is 6.20. The van der Waals surface area contributed by atoms with Crippen molar-refractivity contribution in [2.45, 2.75) is 58.5 Å². The van der Waals surface area contributed by atoms with E-state index < -0.39 is 0 Å². The van der Waals surface area contributed by atoms with Crippen molar-refractivity contribution < 1.29 is 0 Å². The van der Waals surface area contributed by atoms with Gasteiger partial charge in [0.15, 0.2) is 5.65 Å². The number of nitrogens with two attached hydrogens (primary N) is 1. The average molecular weight is 295 g/mol. The number of imidazole rings is 1. The molecule has 110 valence electrons. The Balaban J connectivity index is 2.62. The van der Waals surface area contributed by atoms with Gasteiger partial charge in [-0.2, -0.15) is 0 Å². The first kappa shape index (κ1) is 15.3. The van der Waals surface area contributed by atoms with Crippen LogP contribution in [0.1, 0.15) is 52.3 Å². The number of rotatable bonds is 5. The minimum Gasteiger partial charge on any atom is -0.324 e. The Kier molecular flexibility index (Phi) is 4.35. The van der Waals surface area contributed by atoms with Crippen LogP contribution in [0.15, 0.2) is 12.3 Å². The molecule has 0 atom stereocenters. The number of hydrogen-bond acceptors (Lipinski definition) is 3. The van der Waals surface area contributed by atoms with Gasteiger partial charge in [-0.15, -0.1) is 0 Å². The van der Waals surface area contributed by atoms with Gasteiger partial charge in [-0.1, -0.05) is 25.4 Å². The van der Waals surface area contributed by atoms with Crippen molar-refractivity contribution >= 4 is 22.8 Å². The summed E-state index contributed by atoms with van der Waals surface area (Å²) in [5.41, 5.74) is 7.61. The second-order valence-electron chi connectivity index (χ2n) is 6.05. The molecule has 0 fully saturated rings. The monoisotopic (exact) mass is 294 g/mol. The van der Waals surface area contributed by atoms with Crippen molar-refractivity contribution in [1.29, 1.82) is 0 Å². The molecule has 0 bridgehead atoms. The van der Waals surface area contributed by atoms with Crippen LogP contribution in [0.3, 0.4) is 0 Å². The van der Waals surface area contributed by atoms with E-state index >= 15 is 0 Å². The molecule has 0 aromatic carbocycles. The lowest BCUT2D eigenvalue weighted by molar-refractivity contribution is 0.418. The summed E-state index contributed by atoms with van der Waals surface area (Å²) in [6.45, 7) is 9.11. The average Bonchev–Trinajstić information content (AvgIpc) is 2.67.